The molecule has 2 heterocycles. The maximum atomic E-state index is 11.6. The third-order valence-electron chi connectivity index (χ3n) is 1.87. The number of anilines is 1. The highest BCUT2D eigenvalue weighted by atomic mass is 16.5. The lowest BCUT2D eigenvalue weighted by Gasteiger charge is -2.06. The molecule has 0 fully saturated rings. The molecule has 0 aromatic carbocycles. The zero-order valence-corrected chi connectivity index (χ0v) is 8.47. The van der Waals surface area contributed by atoms with Gasteiger partial charge in [-0.3, -0.25) is 4.79 Å². The number of carbonyl (C=O) groups excluding carboxylic acids is 1. The molecule has 2 aromatic rings. The molecule has 0 unspecified atom stereocenters. The van der Waals surface area contributed by atoms with Gasteiger partial charge in [0, 0.05) is 6.20 Å². The summed E-state index contributed by atoms with van der Waals surface area (Å²) in [6.07, 6.45) is 2.88. The summed E-state index contributed by atoms with van der Waals surface area (Å²) in [6, 6.07) is 3.41. The van der Waals surface area contributed by atoms with E-state index in [4.69, 9.17) is 4.74 Å². The number of aromatic nitrogens is 4. The van der Waals surface area contributed by atoms with Crippen LogP contribution in [0.15, 0.2) is 24.5 Å². The number of rotatable bonds is 3. The van der Waals surface area contributed by atoms with E-state index >= 15 is 0 Å². The second-order valence-corrected chi connectivity index (χ2v) is 2.86. The third kappa shape index (κ3) is 1.97. The van der Waals surface area contributed by atoms with E-state index < -0.39 is 5.91 Å². The van der Waals surface area contributed by atoms with Gasteiger partial charge in [0.2, 0.25) is 0 Å². The number of ether oxygens (including phenoxy) is 1. The lowest BCUT2D eigenvalue weighted by molar-refractivity contribution is 0.102. The van der Waals surface area contributed by atoms with Gasteiger partial charge < -0.3 is 10.1 Å². The van der Waals surface area contributed by atoms with Crippen molar-refractivity contribution >= 4 is 11.7 Å². The Kier molecular flexibility index (Phi) is 2.77. The summed E-state index contributed by atoms with van der Waals surface area (Å²) >= 11 is 0. The second-order valence-electron chi connectivity index (χ2n) is 2.86. The van der Waals surface area contributed by atoms with Crippen LogP contribution < -0.4 is 10.1 Å². The van der Waals surface area contributed by atoms with Crippen LogP contribution in [0, 0.1) is 0 Å². The van der Waals surface area contributed by atoms with E-state index in [1.54, 1.807) is 18.3 Å². The van der Waals surface area contributed by atoms with Crippen molar-refractivity contribution in [2.75, 3.05) is 12.4 Å². The van der Waals surface area contributed by atoms with E-state index in [-0.39, 0.29) is 5.69 Å². The number of hydrogen-bond acceptors (Lipinski definition) is 5. The lowest BCUT2D eigenvalue weighted by Crippen LogP contribution is -2.14. The number of pyridine rings is 1. The summed E-state index contributed by atoms with van der Waals surface area (Å²) in [5.41, 5.74) is 0.188. The Balaban J connectivity index is 2.18. The third-order valence-corrected chi connectivity index (χ3v) is 1.87. The van der Waals surface area contributed by atoms with Gasteiger partial charge in [-0.25, -0.2) is 4.98 Å². The highest BCUT2D eigenvalue weighted by Gasteiger charge is 2.12. The highest BCUT2D eigenvalue weighted by Crippen LogP contribution is 2.20. The van der Waals surface area contributed by atoms with Gasteiger partial charge in [-0.1, -0.05) is 0 Å². The van der Waals surface area contributed by atoms with Crippen molar-refractivity contribution in [3.63, 3.8) is 0 Å². The first-order chi connectivity index (χ1) is 7.81. The number of hydrogen-bond donors (Lipinski definition) is 2. The van der Waals surface area contributed by atoms with Crippen molar-refractivity contribution < 1.29 is 9.53 Å². The van der Waals surface area contributed by atoms with E-state index in [9.17, 15) is 4.79 Å². The van der Waals surface area contributed by atoms with Gasteiger partial charge in [-0.05, 0) is 12.1 Å². The van der Waals surface area contributed by atoms with Gasteiger partial charge >= 0.3 is 0 Å². The van der Waals surface area contributed by atoms with Crippen LogP contribution in [0.5, 0.6) is 5.75 Å². The molecule has 0 spiro atoms. The maximum absolute atomic E-state index is 11.6. The van der Waals surface area contributed by atoms with Crippen LogP contribution >= 0.6 is 0 Å². The van der Waals surface area contributed by atoms with E-state index in [1.807, 2.05) is 0 Å². The van der Waals surface area contributed by atoms with Crippen LogP contribution in [0.2, 0.25) is 0 Å². The molecular weight excluding hydrogens is 210 g/mol. The quantitative estimate of drug-likeness (QED) is 0.782. The van der Waals surface area contributed by atoms with Crippen molar-refractivity contribution in [2.24, 2.45) is 0 Å². The Hall–Kier alpha value is -2.44. The number of aromatic amines is 1. The van der Waals surface area contributed by atoms with Crippen LogP contribution in [0.4, 0.5) is 5.82 Å². The molecule has 2 N–H and O–H groups in total. The normalized spacial score (nSPS) is 9.81. The molecule has 0 aliphatic carbocycles. The molecule has 0 radical (unpaired) electrons. The Morgan fingerprint density at radius 2 is 2.44 bits per heavy atom. The second kappa shape index (κ2) is 4.39. The van der Waals surface area contributed by atoms with E-state index in [0.29, 0.717) is 11.6 Å². The van der Waals surface area contributed by atoms with Gasteiger partial charge in [0.1, 0.15) is 0 Å². The summed E-state index contributed by atoms with van der Waals surface area (Å²) < 4.78 is 5.04. The first-order valence-corrected chi connectivity index (χ1v) is 4.47. The van der Waals surface area contributed by atoms with Crippen molar-refractivity contribution in [3.05, 3.63) is 30.2 Å². The molecular formula is C9H9N5O2. The number of carbonyl (C=O) groups is 1. The molecule has 16 heavy (non-hydrogen) atoms. The SMILES string of the molecule is COc1cccnc1NC(=O)c1cn[nH]n1. The van der Waals surface area contributed by atoms with Crippen LogP contribution in [-0.4, -0.2) is 33.4 Å². The standard InChI is InChI=1S/C9H9N5O2/c1-16-7-3-2-4-10-8(7)12-9(15)6-5-11-14-13-6/h2-5H,1H3,(H,10,12,15)(H,11,13,14). The molecule has 0 saturated carbocycles. The number of nitrogens with zero attached hydrogens (tertiary/aromatic N) is 3. The maximum Gasteiger partial charge on any atom is 0.279 e. The predicted molar refractivity (Wildman–Crippen MR) is 55.1 cm³/mol. The summed E-state index contributed by atoms with van der Waals surface area (Å²) in [6.45, 7) is 0. The molecule has 2 aromatic heterocycles. The molecule has 2 rings (SSSR count). The van der Waals surface area contributed by atoms with E-state index in [1.165, 1.54) is 13.3 Å². The summed E-state index contributed by atoms with van der Waals surface area (Å²) in [7, 11) is 1.50. The Morgan fingerprint density at radius 1 is 1.56 bits per heavy atom. The van der Waals surface area contributed by atoms with Crippen LogP contribution in [-0.2, 0) is 0 Å². The fourth-order valence-electron chi connectivity index (χ4n) is 1.13. The first-order valence-electron chi connectivity index (χ1n) is 4.47. The lowest BCUT2D eigenvalue weighted by atomic mass is 10.4. The summed E-state index contributed by atoms with van der Waals surface area (Å²) in [4.78, 5) is 15.6. The molecule has 0 saturated heterocycles. The van der Waals surface area contributed by atoms with Gasteiger partial charge in [-0.2, -0.15) is 15.4 Å². The number of nitrogens with one attached hydrogen (secondary N) is 2. The zero-order valence-electron chi connectivity index (χ0n) is 8.47. The minimum atomic E-state index is -0.397. The average Bonchev–Trinajstić information content (AvgIpc) is 2.83. The van der Waals surface area contributed by atoms with Crippen molar-refractivity contribution in [3.8, 4) is 5.75 Å². The molecule has 0 aliphatic rings. The molecule has 7 nitrogen and oxygen atoms in total. The predicted octanol–water partition coefficient (Wildman–Crippen LogP) is 0.461. The Labute approximate surface area is 90.8 Å². The Bertz CT molecular complexity index is 482. The topological polar surface area (TPSA) is 92.8 Å². The van der Waals surface area contributed by atoms with Gasteiger partial charge in [0.05, 0.1) is 13.3 Å². The van der Waals surface area contributed by atoms with E-state index in [0.717, 1.165) is 0 Å². The fraction of sp³-hybridized carbons (Fsp3) is 0.111. The largest absolute Gasteiger partial charge is 0.493 e. The average molecular weight is 219 g/mol. The van der Waals surface area contributed by atoms with Crippen LogP contribution in [0.25, 0.3) is 0 Å². The number of amides is 1. The minimum Gasteiger partial charge on any atom is -0.493 e. The smallest absolute Gasteiger partial charge is 0.279 e. The number of H-pyrrole nitrogens is 1. The van der Waals surface area contributed by atoms with Crippen molar-refractivity contribution in [2.45, 2.75) is 0 Å². The molecule has 0 aliphatic heterocycles. The monoisotopic (exact) mass is 219 g/mol. The summed E-state index contributed by atoms with van der Waals surface area (Å²) in [5.74, 6) is 0.433. The van der Waals surface area contributed by atoms with Crippen molar-refractivity contribution in [1.82, 2.24) is 20.4 Å². The van der Waals surface area contributed by atoms with Gasteiger partial charge in [-0.15, -0.1) is 0 Å². The molecule has 0 atom stereocenters. The van der Waals surface area contributed by atoms with Gasteiger partial charge in [0.15, 0.2) is 17.3 Å². The zero-order chi connectivity index (χ0) is 11.4. The van der Waals surface area contributed by atoms with Gasteiger partial charge in [0.25, 0.3) is 5.91 Å². The van der Waals surface area contributed by atoms with Crippen LogP contribution in [0.3, 0.4) is 0 Å². The fourth-order valence-corrected chi connectivity index (χ4v) is 1.13. The molecule has 7 heteroatoms. The van der Waals surface area contributed by atoms with E-state index in [2.05, 4.69) is 25.7 Å². The van der Waals surface area contributed by atoms with Crippen molar-refractivity contribution in [1.29, 1.82) is 0 Å². The summed E-state index contributed by atoms with van der Waals surface area (Å²) in [5, 5.41) is 12.1. The molecule has 82 valence electrons. The van der Waals surface area contributed by atoms with Crippen LogP contribution in [0.1, 0.15) is 10.5 Å². The highest BCUT2D eigenvalue weighted by molar-refractivity contribution is 6.02. The minimum absolute atomic E-state index is 0.188. The first kappa shape index (κ1) is 10.1. The molecule has 1 amide bonds. The number of methoxy groups -OCH3 is 1. The Morgan fingerprint density at radius 3 is 3.12 bits per heavy atom. The molecule has 0 bridgehead atoms.